The summed E-state index contributed by atoms with van der Waals surface area (Å²) >= 11 is 0. The number of carbonyl (C=O) groups excluding carboxylic acids is 2. The number of ether oxygens (including phenoxy) is 1. The molecule has 0 aromatic heterocycles. The van der Waals surface area contributed by atoms with Crippen molar-refractivity contribution in [2.45, 2.75) is 65.5 Å². The SMILES string of the molecule is CCC(C)c1ccccc1OC(C)C(=O)Nc1cccc(C(=O)NC(C)(C)C)c1. The minimum Gasteiger partial charge on any atom is -0.481 e. The van der Waals surface area contributed by atoms with Gasteiger partial charge >= 0.3 is 0 Å². The van der Waals surface area contributed by atoms with Crippen molar-refractivity contribution in [3.8, 4) is 5.75 Å². The second-order valence-corrected chi connectivity index (χ2v) is 8.38. The zero-order valence-corrected chi connectivity index (χ0v) is 18.2. The van der Waals surface area contributed by atoms with Gasteiger partial charge in [-0.15, -0.1) is 0 Å². The highest BCUT2D eigenvalue weighted by molar-refractivity contribution is 5.98. The Hall–Kier alpha value is -2.82. The van der Waals surface area contributed by atoms with Gasteiger partial charge in [-0.2, -0.15) is 0 Å². The number of rotatable bonds is 7. The van der Waals surface area contributed by atoms with Gasteiger partial charge in [0.1, 0.15) is 5.75 Å². The first-order valence-electron chi connectivity index (χ1n) is 10.1. The molecule has 2 atom stereocenters. The predicted octanol–water partition coefficient (Wildman–Crippen LogP) is 5.13. The molecule has 0 saturated carbocycles. The Labute approximate surface area is 173 Å². The lowest BCUT2D eigenvalue weighted by Crippen LogP contribution is -2.40. The number of anilines is 1. The summed E-state index contributed by atoms with van der Waals surface area (Å²) in [6.07, 6.45) is 0.317. The van der Waals surface area contributed by atoms with Crippen molar-refractivity contribution in [3.05, 3.63) is 59.7 Å². The van der Waals surface area contributed by atoms with Gasteiger partial charge in [0.15, 0.2) is 6.10 Å². The molecule has 0 heterocycles. The maximum atomic E-state index is 12.6. The predicted molar refractivity (Wildman–Crippen MR) is 118 cm³/mol. The summed E-state index contributed by atoms with van der Waals surface area (Å²) in [6, 6.07) is 14.7. The van der Waals surface area contributed by atoms with Crippen LogP contribution in [0.25, 0.3) is 0 Å². The molecule has 0 spiro atoms. The smallest absolute Gasteiger partial charge is 0.265 e. The van der Waals surface area contributed by atoms with Crippen molar-refractivity contribution in [2.24, 2.45) is 0 Å². The first-order chi connectivity index (χ1) is 13.6. The van der Waals surface area contributed by atoms with Crippen molar-refractivity contribution >= 4 is 17.5 Å². The highest BCUT2D eigenvalue weighted by Crippen LogP contribution is 2.29. The molecular weight excluding hydrogens is 364 g/mol. The topological polar surface area (TPSA) is 67.4 Å². The van der Waals surface area contributed by atoms with Gasteiger partial charge in [-0.3, -0.25) is 9.59 Å². The van der Waals surface area contributed by atoms with Crippen LogP contribution in [0, 0.1) is 0 Å². The lowest BCUT2D eigenvalue weighted by Gasteiger charge is -2.21. The molecule has 29 heavy (non-hydrogen) atoms. The molecule has 156 valence electrons. The third kappa shape index (κ3) is 6.63. The molecule has 0 bridgehead atoms. The second-order valence-electron chi connectivity index (χ2n) is 8.38. The maximum Gasteiger partial charge on any atom is 0.265 e. The third-order valence-electron chi connectivity index (χ3n) is 4.62. The quantitative estimate of drug-likeness (QED) is 0.681. The van der Waals surface area contributed by atoms with Crippen LogP contribution in [-0.2, 0) is 4.79 Å². The zero-order valence-electron chi connectivity index (χ0n) is 18.2. The van der Waals surface area contributed by atoms with Crippen LogP contribution >= 0.6 is 0 Å². The van der Waals surface area contributed by atoms with Crippen LogP contribution in [0.1, 0.15) is 69.8 Å². The molecule has 0 aliphatic rings. The van der Waals surface area contributed by atoms with E-state index in [-0.39, 0.29) is 17.4 Å². The van der Waals surface area contributed by atoms with E-state index in [4.69, 9.17) is 4.74 Å². The molecule has 0 radical (unpaired) electrons. The van der Waals surface area contributed by atoms with E-state index < -0.39 is 6.10 Å². The number of hydrogen-bond donors (Lipinski definition) is 2. The average Bonchev–Trinajstić information content (AvgIpc) is 2.66. The lowest BCUT2D eigenvalue weighted by molar-refractivity contribution is -0.122. The Balaban J connectivity index is 2.07. The number of benzene rings is 2. The van der Waals surface area contributed by atoms with Gasteiger partial charge < -0.3 is 15.4 Å². The molecule has 2 amide bonds. The van der Waals surface area contributed by atoms with Gasteiger partial charge in [0, 0.05) is 16.8 Å². The number of nitrogens with one attached hydrogen (secondary N) is 2. The molecule has 0 saturated heterocycles. The second kappa shape index (κ2) is 9.59. The number of para-hydroxylation sites is 1. The van der Waals surface area contributed by atoms with E-state index in [0.717, 1.165) is 17.7 Å². The van der Waals surface area contributed by atoms with Crippen molar-refractivity contribution in [1.82, 2.24) is 5.32 Å². The van der Waals surface area contributed by atoms with Gasteiger partial charge in [-0.1, -0.05) is 38.1 Å². The average molecular weight is 397 g/mol. The highest BCUT2D eigenvalue weighted by atomic mass is 16.5. The number of carbonyl (C=O) groups is 2. The number of amides is 2. The molecule has 0 fully saturated rings. The minimum atomic E-state index is -0.674. The summed E-state index contributed by atoms with van der Waals surface area (Å²) in [6.45, 7) is 11.8. The van der Waals surface area contributed by atoms with E-state index >= 15 is 0 Å². The fraction of sp³-hybridized carbons (Fsp3) is 0.417. The van der Waals surface area contributed by atoms with E-state index in [1.807, 2.05) is 45.0 Å². The summed E-state index contributed by atoms with van der Waals surface area (Å²) in [5, 5.41) is 5.76. The summed E-state index contributed by atoms with van der Waals surface area (Å²) in [5.41, 5.74) is 1.81. The third-order valence-corrected chi connectivity index (χ3v) is 4.62. The van der Waals surface area contributed by atoms with Crippen molar-refractivity contribution in [2.75, 3.05) is 5.32 Å². The molecule has 2 N–H and O–H groups in total. The van der Waals surface area contributed by atoms with Crippen molar-refractivity contribution < 1.29 is 14.3 Å². The summed E-state index contributed by atoms with van der Waals surface area (Å²) in [7, 11) is 0. The Morgan fingerprint density at radius 2 is 1.72 bits per heavy atom. The van der Waals surface area contributed by atoms with Crippen LogP contribution < -0.4 is 15.4 Å². The zero-order chi connectivity index (χ0) is 21.6. The molecule has 2 rings (SSSR count). The fourth-order valence-electron chi connectivity index (χ4n) is 2.85. The summed E-state index contributed by atoms with van der Waals surface area (Å²) in [4.78, 5) is 25.0. The van der Waals surface area contributed by atoms with E-state index in [9.17, 15) is 9.59 Å². The monoisotopic (exact) mass is 396 g/mol. The fourth-order valence-corrected chi connectivity index (χ4v) is 2.85. The van der Waals surface area contributed by atoms with E-state index in [0.29, 0.717) is 17.2 Å². The lowest BCUT2D eigenvalue weighted by atomic mass is 9.98. The molecule has 5 nitrogen and oxygen atoms in total. The molecule has 0 aliphatic carbocycles. The number of hydrogen-bond acceptors (Lipinski definition) is 3. The normalized spacial score (nSPS) is 13.3. The summed E-state index contributed by atoms with van der Waals surface area (Å²) in [5.74, 6) is 0.625. The van der Waals surface area contributed by atoms with Crippen molar-refractivity contribution in [3.63, 3.8) is 0 Å². The Kier molecular flexibility index (Phi) is 7.43. The van der Waals surface area contributed by atoms with E-state index in [1.165, 1.54) is 0 Å². The first-order valence-corrected chi connectivity index (χ1v) is 10.1. The summed E-state index contributed by atoms with van der Waals surface area (Å²) < 4.78 is 5.95. The van der Waals surface area contributed by atoms with Crippen LogP contribution in [0.4, 0.5) is 5.69 Å². The highest BCUT2D eigenvalue weighted by Gasteiger charge is 2.19. The van der Waals surface area contributed by atoms with E-state index in [2.05, 4.69) is 24.5 Å². The van der Waals surface area contributed by atoms with Gasteiger partial charge in [-0.05, 0) is 69.9 Å². The minimum absolute atomic E-state index is 0.180. The first kappa shape index (κ1) is 22.5. The van der Waals surface area contributed by atoms with Gasteiger partial charge in [-0.25, -0.2) is 0 Å². The standard InChI is InChI=1S/C24H32N2O3/c1-7-16(2)20-13-8-9-14-21(20)29-17(3)22(27)25-19-12-10-11-18(15-19)23(28)26-24(4,5)6/h8-17H,7H2,1-6H3,(H,25,27)(H,26,28). The molecule has 2 aromatic carbocycles. The Morgan fingerprint density at radius 1 is 1.03 bits per heavy atom. The van der Waals surface area contributed by atoms with E-state index in [1.54, 1.807) is 31.2 Å². The molecule has 5 heteroatoms. The Morgan fingerprint density at radius 3 is 2.38 bits per heavy atom. The van der Waals surface area contributed by atoms with Gasteiger partial charge in [0.05, 0.1) is 0 Å². The van der Waals surface area contributed by atoms with Crippen LogP contribution in [0.2, 0.25) is 0 Å². The van der Waals surface area contributed by atoms with Crippen LogP contribution in [0.5, 0.6) is 5.75 Å². The van der Waals surface area contributed by atoms with Gasteiger partial charge in [0.2, 0.25) is 0 Å². The molecule has 0 aliphatic heterocycles. The largest absolute Gasteiger partial charge is 0.481 e. The van der Waals surface area contributed by atoms with Crippen LogP contribution in [-0.4, -0.2) is 23.5 Å². The maximum absolute atomic E-state index is 12.6. The molecule has 2 unspecified atom stereocenters. The van der Waals surface area contributed by atoms with Gasteiger partial charge in [0.25, 0.3) is 11.8 Å². The molecule has 2 aromatic rings. The molecular formula is C24H32N2O3. The van der Waals surface area contributed by atoms with Crippen LogP contribution in [0.3, 0.4) is 0 Å². The van der Waals surface area contributed by atoms with Crippen molar-refractivity contribution in [1.29, 1.82) is 0 Å². The van der Waals surface area contributed by atoms with Crippen LogP contribution in [0.15, 0.2) is 48.5 Å². The Bertz CT molecular complexity index is 855.